The molecule has 3 aromatic rings. The summed E-state index contributed by atoms with van der Waals surface area (Å²) in [6, 6.07) is 15.9. The van der Waals surface area contributed by atoms with Crippen molar-refractivity contribution in [1.29, 1.82) is 5.26 Å². The number of hydrogen-bond donors (Lipinski definition) is 1. The highest BCUT2D eigenvalue weighted by atomic mass is 19.1. The lowest BCUT2D eigenvalue weighted by Gasteiger charge is -2.34. The van der Waals surface area contributed by atoms with Crippen LogP contribution in [0.5, 0.6) is 0 Å². The number of rotatable bonds is 3. The number of anilines is 2. The molecule has 2 aromatic carbocycles. The van der Waals surface area contributed by atoms with E-state index in [-0.39, 0.29) is 17.6 Å². The van der Waals surface area contributed by atoms with E-state index >= 15 is 0 Å². The number of hydrogen-bond acceptors (Lipinski definition) is 4. The predicted molar refractivity (Wildman–Crippen MR) is 106 cm³/mol. The van der Waals surface area contributed by atoms with Crippen LogP contribution in [0.2, 0.25) is 0 Å². The minimum absolute atomic E-state index is 0.0923. The molecule has 1 fully saturated rings. The van der Waals surface area contributed by atoms with Crippen LogP contribution in [0.3, 0.4) is 0 Å². The largest absolute Gasteiger partial charge is 0.370 e. The summed E-state index contributed by atoms with van der Waals surface area (Å²) < 4.78 is 13.3. The molecule has 28 heavy (non-hydrogen) atoms. The second-order valence-electron chi connectivity index (χ2n) is 6.91. The van der Waals surface area contributed by atoms with Crippen molar-refractivity contribution in [2.24, 2.45) is 5.92 Å². The van der Waals surface area contributed by atoms with Gasteiger partial charge in [-0.25, -0.2) is 4.39 Å². The number of halogens is 1. The van der Waals surface area contributed by atoms with Gasteiger partial charge < -0.3 is 10.2 Å². The Kier molecular flexibility index (Phi) is 4.90. The van der Waals surface area contributed by atoms with Crippen LogP contribution in [0.15, 0.2) is 54.7 Å². The van der Waals surface area contributed by atoms with Gasteiger partial charge in [-0.1, -0.05) is 24.3 Å². The summed E-state index contributed by atoms with van der Waals surface area (Å²) in [5.74, 6) is -0.607. The summed E-state index contributed by atoms with van der Waals surface area (Å²) in [5, 5.41) is 13.3. The monoisotopic (exact) mass is 374 g/mol. The zero-order valence-corrected chi connectivity index (χ0v) is 15.2. The van der Waals surface area contributed by atoms with E-state index in [1.807, 2.05) is 24.3 Å². The summed E-state index contributed by atoms with van der Waals surface area (Å²) in [7, 11) is 0. The number of benzene rings is 2. The van der Waals surface area contributed by atoms with Gasteiger partial charge in [-0.2, -0.15) is 5.26 Å². The molecular formula is C22H19FN4O. The fourth-order valence-electron chi connectivity index (χ4n) is 3.73. The molecule has 140 valence electrons. The Labute approximate surface area is 162 Å². The SMILES string of the molecule is N#Cc1cnc2ccccc2c1N1CCC(C(=O)Nc2cccc(F)c2)CC1. The van der Waals surface area contributed by atoms with Gasteiger partial charge in [0.15, 0.2) is 0 Å². The van der Waals surface area contributed by atoms with Gasteiger partial charge in [0.25, 0.3) is 0 Å². The first-order valence-corrected chi connectivity index (χ1v) is 9.25. The number of aromatic nitrogens is 1. The number of nitrogens with zero attached hydrogens (tertiary/aromatic N) is 3. The molecule has 0 bridgehead atoms. The van der Waals surface area contributed by atoms with Gasteiger partial charge in [-0.15, -0.1) is 0 Å². The lowest BCUT2D eigenvalue weighted by molar-refractivity contribution is -0.120. The fourth-order valence-corrected chi connectivity index (χ4v) is 3.73. The maximum atomic E-state index is 13.3. The van der Waals surface area contributed by atoms with Crippen molar-refractivity contribution in [2.75, 3.05) is 23.3 Å². The molecule has 1 amide bonds. The molecule has 6 heteroatoms. The van der Waals surface area contributed by atoms with Gasteiger partial charge in [0.1, 0.15) is 11.9 Å². The molecule has 0 saturated carbocycles. The lowest BCUT2D eigenvalue weighted by Crippen LogP contribution is -2.38. The minimum Gasteiger partial charge on any atom is -0.370 e. The number of nitrogens with one attached hydrogen (secondary N) is 1. The normalized spacial score (nSPS) is 14.6. The first-order valence-electron chi connectivity index (χ1n) is 9.25. The van der Waals surface area contributed by atoms with E-state index in [2.05, 4.69) is 21.3 Å². The molecule has 1 N–H and O–H groups in total. The molecule has 1 aliphatic heterocycles. The Bertz CT molecular complexity index is 1070. The third-order valence-electron chi connectivity index (χ3n) is 5.14. The molecule has 5 nitrogen and oxygen atoms in total. The average Bonchev–Trinajstić information content (AvgIpc) is 2.73. The fraction of sp³-hybridized carbons (Fsp3) is 0.227. The highest BCUT2D eigenvalue weighted by molar-refractivity contribution is 5.95. The molecule has 1 saturated heterocycles. The Morgan fingerprint density at radius 3 is 2.71 bits per heavy atom. The summed E-state index contributed by atoms with van der Waals surface area (Å²) >= 11 is 0. The number of fused-ring (bicyclic) bond motifs is 1. The van der Waals surface area contributed by atoms with E-state index in [1.54, 1.807) is 18.3 Å². The summed E-state index contributed by atoms with van der Waals surface area (Å²) in [6.45, 7) is 1.34. The van der Waals surface area contributed by atoms with Crippen molar-refractivity contribution in [2.45, 2.75) is 12.8 Å². The number of nitriles is 1. The molecule has 1 aromatic heterocycles. The van der Waals surface area contributed by atoms with Gasteiger partial charge in [0.05, 0.1) is 16.8 Å². The second kappa shape index (κ2) is 7.65. The zero-order chi connectivity index (χ0) is 19.5. The van der Waals surface area contributed by atoms with Crippen molar-refractivity contribution in [1.82, 2.24) is 4.98 Å². The van der Waals surface area contributed by atoms with Gasteiger partial charge >= 0.3 is 0 Å². The number of amides is 1. The van der Waals surface area contributed by atoms with Crippen molar-refractivity contribution in [3.63, 3.8) is 0 Å². The number of piperidine rings is 1. The van der Waals surface area contributed by atoms with Crippen molar-refractivity contribution < 1.29 is 9.18 Å². The van der Waals surface area contributed by atoms with Crippen LogP contribution in [0.1, 0.15) is 18.4 Å². The zero-order valence-electron chi connectivity index (χ0n) is 15.2. The maximum Gasteiger partial charge on any atom is 0.227 e. The van der Waals surface area contributed by atoms with Crippen LogP contribution >= 0.6 is 0 Å². The minimum atomic E-state index is -0.374. The highest BCUT2D eigenvalue weighted by Crippen LogP contribution is 2.32. The summed E-state index contributed by atoms with van der Waals surface area (Å²) in [5.41, 5.74) is 2.75. The quantitative estimate of drug-likeness (QED) is 0.749. The molecule has 0 spiro atoms. The number of para-hydroxylation sites is 1. The third-order valence-corrected chi connectivity index (χ3v) is 5.14. The number of pyridine rings is 1. The van der Waals surface area contributed by atoms with Crippen LogP contribution in [0.4, 0.5) is 15.8 Å². The predicted octanol–water partition coefficient (Wildman–Crippen LogP) is 4.10. The van der Waals surface area contributed by atoms with E-state index in [9.17, 15) is 14.4 Å². The second-order valence-corrected chi connectivity index (χ2v) is 6.91. The lowest BCUT2D eigenvalue weighted by atomic mass is 9.94. The van der Waals surface area contributed by atoms with E-state index in [4.69, 9.17) is 0 Å². The van der Waals surface area contributed by atoms with Crippen molar-refractivity contribution in [3.8, 4) is 6.07 Å². The Morgan fingerprint density at radius 1 is 1.18 bits per heavy atom. The van der Waals surface area contributed by atoms with Crippen LogP contribution in [-0.2, 0) is 4.79 Å². The molecule has 0 atom stereocenters. The van der Waals surface area contributed by atoms with E-state index in [0.717, 1.165) is 16.6 Å². The van der Waals surface area contributed by atoms with Crippen molar-refractivity contribution in [3.05, 3.63) is 66.1 Å². The highest BCUT2D eigenvalue weighted by Gasteiger charge is 2.27. The Morgan fingerprint density at radius 2 is 1.96 bits per heavy atom. The standard InChI is InChI=1S/C22H19FN4O/c23-17-4-3-5-18(12-17)26-22(28)15-8-10-27(11-9-15)21-16(13-24)14-25-20-7-2-1-6-19(20)21/h1-7,12,14-15H,8-11H2,(H,26,28). The van der Waals surface area contributed by atoms with E-state index < -0.39 is 0 Å². The van der Waals surface area contributed by atoms with Crippen LogP contribution in [0, 0.1) is 23.1 Å². The van der Waals surface area contributed by atoms with Crippen LogP contribution in [0.25, 0.3) is 10.9 Å². The van der Waals surface area contributed by atoms with Crippen LogP contribution < -0.4 is 10.2 Å². The molecule has 1 aliphatic rings. The molecule has 4 rings (SSSR count). The molecular weight excluding hydrogens is 355 g/mol. The van der Waals surface area contributed by atoms with E-state index in [1.165, 1.54) is 12.1 Å². The van der Waals surface area contributed by atoms with Gasteiger partial charge in [0.2, 0.25) is 5.91 Å². The smallest absolute Gasteiger partial charge is 0.227 e. The topological polar surface area (TPSA) is 69.0 Å². The van der Waals surface area contributed by atoms with Gasteiger partial charge in [0, 0.05) is 36.3 Å². The van der Waals surface area contributed by atoms with E-state index in [0.29, 0.717) is 37.2 Å². The Balaban J connectivity index is 1.50. The maximum absolute atomic E-state index is 13.3. The average molecular weight is 374 g/mol. The summed E-state index contributed by atoms with van der Waals surface area (Å²) in [4.78, 5) is 19.1. The summed E-state index contributed by atoms with van der Waals surface area (Å²) in [6.07, 6.45) is 2.95. The number of carbonyl (C=O) groups excluding carboxylic acids is 1. The first kappa shape index (κ1) is 17.9. The number of carbonyl (C=O) groups is 1. The molecule has 2 heterocycles. The molecule has 0 unspecified atom stereocenters. The first-order chi connectivity index (χ1) is 13.7. The van der Waals surface area contributed by atoms with Crippen LogP contribution in [-0.4, -0.2) is 24.0 Å². The molecule has 0 radical (unpaired) electrons. The van der Waals surface area contributed by atoms with Gasteiger partial charge in [-0.05, 0) is 37.1 Å². The van der Waals surface area contributed by atoms with Crippen molar-refractivity contribution >= 4 is 28.2 Å². The third kappa shape index (κ3) is 3.52. The molecule has 0 aliphatic carbocycles. The Hall–Kier alpha value is -3.46. The van der Waals surface area contributed by atoms with Gasteiger partial charge in [-0.3, -0.25) is 9.78 Å².